The number of carbonyl (C=O) groups is 3. The second kappa shape index (κ2) is 10.1. The van der Waals surface area contributed by atoms with Crippen LogP contribution in [0.25, 0.3) is 0 Å². The van der Waals surface area contributed by atoms with Crippen LogP contribution in [0, 0.1) is 5.41 Å². The largest absolute Gasteiger partial charge is 0.481 e. The van der Waals surface area contributed by atoms with Gasteiger partial charge in [-0.15, -0.1) is 0 Å². The predicted octanol–water partition coefficient (Wildman–Crippen LogP) is 0.145. The van der Waals surface area contributed by atoms with Crippen molar-refractivity contribution in [3.05, 3.63) is 0 Å². The molecule has 1 aliphatic rings. The maximum Gasteiger partial charge on any atom is 0.303 e. The fraction of sp³-hybridized carbons (Fsp3) is 0.812. The number of carbonyl (C=O) groups excluding carboxylic acids is 2. The molecule has 0 spiro atoms. The van der Waals surface area contributed by atoms with Crippen LogP contribution in [0.3, 0.4) is 0 Å². The zero-order valence-electron chi connectivity index (χ0n) is 15.4. The number of hydrogen-bond acceptors (Lipinski definition) is 7. The van der Waals surface area contributed by atoms with Crippen LogP contribution in [0.4, 0.5) is 0 Å². The molecule has 150 valence electrons. The van der Waals surface area contributed by atoms with Gasteiger partial charge in [-0.05, 0) is 0 Å². The van der Waals surface area contributed by atoms with Gasteiger partial charge in [0.1, 0.15) is 6.10 Å². The maximum atomic E-state index is 12.5. The molecule has 1 saturated heterocycles. The van der Waals surface area contributed by atoms with Crippen molar-refractivity contribution >= 4 is 30.4 Å². The minimum absolute atomic E-state index is 0.0508. The van der Waals surface area contributed by atoms with E-state index in [9.17, 15) is 14.4 Å². The van der Waals surface area contributed by atoms with Crippen molar-refractivity contribution in [3.63, 3.8) is 0 Å². The van der Waals surface area contributed by atoms with Crippen molar-refractivity contribution in [1.82, 2.24) is 10.6 Å². The van der Waals surface area contributed by atoms with Crippen molar-refractivity contribution in [2.24, 2.45) is 5.41 Å². The van der Waals surface area contributed by atoms with Gasteiger partial charge in [-0.25, -0.2) is 0 Å². The minimum Gasteiger partial charge on any atom is -0.481 e. The van der Waals surface area contributed by atoms with Crippen molar-refractivity contribution < 1.29 is 33.7 Å². The molecule has 0 saturated carbocycles. The maximum absolute atomic E-state index is 12.5. The highest BCUT2D eigenvalue weighted by atomic mass is 32.1. The molecule has 0 aromatic heterocycles. The van der Waals surface area contributed by atoms with Gasteiger partial charge >= 0.3 is 5.97 Å². The number of hydrogen-bond donors (Lipinski definition) is 4. The van der Waals surface area contributed by atoms with Crippen molar-refractivity contribution in [2.45, 2.75) is 45.2 Å². The normalized spacial score (nSPS) is 24.7. The monoisotopic (exact) mass is 392 g/mol. The van der Waals surface area contributed by atoms with Crippen LogP contribution < -0.4 is 10.6 Å². The Kier molecular flexibility index (Phi) is 8.81. The van der Waals surface area contributed by atoms with E-state index in [2.05, 4.69) is 23.3 Å². The molecule has 9 nitrogen and oxygen atoms in total. The summed E-state index contributed by atoms with van der Waals surface area (Å²) >= 11 is 4.00. The summed E-state index contributed by atoms with van der Waals surface area (Å²) in [6.07, 6.45) is -1.05. The van der Waals surface area contributed by atoms with Crippen LogP contribution in [0.5, 0.6) is 0 Å². The van der Waals surface area contributed by atoms with Gasteiger partial charge in [0.05, 0.1) is 13.0 Å². The number of nitrogens with one attached hydrogen (secondary N) is 2. The average Bonchev–Trinajstić information content (AvgIpc) is 2.59. The molecule has 1 aliphatic heterocycles. The number of carboxylic acids is 1. The first-order chi connectivity index (χ1) is 12.2. The number of carboxylic acid groups (broad SMARTS) is 1. The van der Waals surface area contributed by atoms with Crippen LogP contribution in [-0.4, -0.2) is 67.5 Å². The van der Waals surface area contributed by atoms with Gasteiger partial charge in [0.15, 0.2) is 0 Å². The number of ether oxygens (including phenoxy) is 3. The van der Waals surface area contributed by atoms with Gasteiger partial charge < -0.3 is 30.0 Å². The molecule has 26 heavy (non-hydrogen) atoms. The minimum atomic E-state index is -1.58. The molecule has 2 amide bonds. The van der Waals surface area contributed by atoms with Crippen LogP contribution in [0.1, 0.15) is 33.1 Å². The SMILES string of the molecule is COC1(CCC(=O)O)OCC(C)(C)[C@H](C(=O)NCCC(=O)NCCS)O1. The first-order valence-electron chi connectivity index (χ1n) is 8.40. The van der Waals surface area contributed by atoms with Gasteiger partial charge in [0, 0.05) is 44.2 Å². The van der Waals surface area contributed by atoms with Crippen LogP contribution in [0.15, 0.2) is 0 Å². The van der Waals surface area contributed by atoms with Crippen LogP contribution >= 0.6 is 12.6 Å². The third-order valence-electron chi connectivity index (χ3n) is 3.95. The molecule has 10 heteroatoms. The van der Waals surface area contributed by atoms with E-state index in [-0.39, 0.29) is 38.3 Å². The first-order valence-corrected chi connectivity index (χ1v) is 9.03. The Hall–Kier alpha value is -1.36. The Labute approximate surface area is 158 Å². The van der Waals surface area contributed by atoms with Crippen molar-refractivity contribution in [1.29, 1.82) is 0 Å². The van der Waals surface area contributed by atoms with Crippen molar-refractivity contribution in [3.8, 4) is 0 Å². The third-order valence-corrected chi connectivity index (χ3v) is 4.17. The van der Waals surface area contributed by atoms with Gasteiger partial charge in [-0.2, -0.15) is 12.6 Å². The fourth-order valence-corrected chi connectivity index (χ4v) is 2.54. The lowest BCUT2D eigenvalue weighted by Gasteiger charge is -2.46. The second-order valence-corrected chi connectivity index (χ2v) is 7.12. The summed E-state index contributed by atoms with van der Waals surface area (Å²) in [6.45, 7) is 4.37. The van der Waals surface area contributed by atoms with Crippen molar-refractivity contribution in [2.75, 3.05) is 32.6 Å². The Morgan fingerprint density at radius 1 is 1.23 bits per heavy atom. The standard InChI is InChI=1S/C16H28N2O7S/c1-15(2)10-24-16(23-3,6-4-12(20)21)25-13(15)14(22)18-7-5-11(19)17-8-9-26/h13,26H,4-10H2,1-3H3,(H,17,19)(H,18,22)(H,20,21)/t13-,16?/m0/s1. The molecule has 0 radical (unpaired) electrons. The summed E-state index contributed by atoms with van der Waals surface area (Å²) in [7, 11) is 1.33. The molecule has 0 bridgehead atoms. The Balaban J connectivity index is 2.66. The van der Waals surface area contributed by atoms with E-state index in [1.807, 2.05) is 0 Å². The van der Waals surface area contributed by atoms with E-state index >= 15 is 0 Å². The lowest BCUT2D eigenvalue weighted by atomic mass is 9.85. The molecule has 1 fully saturated rings. The Morgan fingerprint density at radius 2 is 1.92 bits per heavy atom. The average molecular weight is 392 g/mol. The quantitative estimate of drug-likeness (QED) is 0.390. The summed E-state index contributed by atoms with van der Waals surface area (Å²) in [5.41, 5.74) is -0.649. The molecule has 3 N–H and O–H groups in total. The van der Waals surface area contributed by atoms with E-state index in [1.54, 1.807) is 13.8 Å². The summed E-state index contributed by atoms with van der Waals surface area (Å²) in [5, 5.41) is 14.2. The van der Waals surface area contributed by atoms with Gasteiger partial charge in [0.25, 0.3) is 5.97 Å². The van der Waals surface area contributed by atoms with Crippen LogP contribution in [0.2, 0.25) is 0 Å². The lowest BCUT2D eigenvalue weighted by molar-refractivity contribution is -0.425. The number of aliphatic carboxylic acids is 1. The Morgan fingerprint density at radius 3 is 2.50 bits per heavy atom. The van der Waals surface area contributed by atoms with Gasteiger partial charge in [-0.3, -0.25) is 14.4 Å². The Bertz CT molecular complexity index is 515. The molecule has 0 aromatic carbocycles. The molecule has 1 heterocycles. The highest BCUT2D eigenvalue weighted by molar-refractivity contribution is 7.80. The van der Waals surface area contributed by atoms with Gasteiger partial charge in [0.2, 0.25) is 11.8 Å². The zero-order chi connectivity index (χ0) is 19.8. The summed E-state index contributed by atoms with van der Waals surface area (Å²) in [6, 6.07) is 0. The number of thiol groups is 1. The topological polar surface area (TPSA) is 123 Å². The fourth-order valence-electron chi connectivity index (χ4n) is 2.43. The summed E-state index contributed by atoms with van der Waals surface area (Å²) in [4.78, 5) is 34.9. The molecule has 0 aliphatic carbocycles. The molecule has 1 unspecified atom stereocenters. The third kappa shape index (κ3) is 6.75. The lowest BCUT2D eigenvalue weighted by Crippen LogP contribution is -2.59. The second-order valence-electron chi connectivity index (χ2n) is 6.67. The molecule has 1 rings (SSSR count). The predicted molar refractivity (Wildman–Crippen MR) is 95.7 cm³/mol. The van der Waals surface area contributed by atoms with E-state index in [1.165, 1.54) is 7.11 Å². The van der Waals surface area contributed by atoms with E-state index in [0.717, 1.165) is 0 Å². The molecular weight excluding hydrogens is 364 g/mol. The molecule has 0 aromatic rings. The number of amides is 2. The smallest absolute Gasteiger partial charge is 0.303 e. The highest BCUT2D eigenvalue weighted by Gasteiger charge is 2.50. The summed E-state index contributed by atoms with van der Waals surface area (Å²) in [5.74, 6) is -2.65. The number of rotatable bonds is 10. The van der Waals surface area contributed by atoms with E-state index in [0.29, 0.717) is 12.3 Å². The highest BCUT2D eigenvalue weighted by Crippen LogP contribution is 2.37. The van der Waals surface area contributed by atoms with Gasteiger partial charge in [-0.1, -0.05) is 13.8 Å². The first kappa shape index (κ1) is 22.7. The van der Waals surface area contributed by atoms with Crippen LogP contribution in [-0.2, 0) is 28.6 Å². The van der Waals surface area contributed by atoms with E-state index < -0.39 is 29.4 Å². The number of methoxy groups -OCH3 is 1. The summed E-state index contributed by atoms with van der Waals surface area (Å²) < 4.78 is 16.6. The molecular formula is C16H28N2O7S. The zero-order valence-corrected chi connectivity index (χ0v) is 16.3. The van der Waals surface area contributed by atoms with E-state index in [4.69, 9.17) is 19.3 Å². The molecule has 2 atom stereocenters.